The van der Waals surface area contributed by atoms with Gasteiger partial charge < -0.3 is 10.4 Å². The highest BCUT2D eigenvalue weighted by atomic mass is 32.1. The molecule has 0 fully saturated rings. The fraction of sp³-hybridized carbons (Fsp3) is 0.571. The monoisotopic (exact) mass is 283 g/mol. The van der Waals surface area contributed by atoms with Gasteiger partial charge in [0.15, 0.2) is 5.78 Å². The maximum Gasteiger partial charge on any atom is 0.220 e. The molecule has 19 heavy (non-hydrogen) atoms. The lowest BCUT2D eigenvalue weighted by molar-refractivity contribution is -0.121. The number of aliphatic hydroxyl groups excluding tert-OH is 1. The zero-order valence-corrected chi connectivity index (χ0v) is 12.3. The molecule has 1 aromatic heterocycles. The first-order chi connectivity index (χ1) is 8.94. The van der Waals surface area contributed by atoms with Crippen LogP contribution in [0.2, 0.25) is 0 Å². The molecule has 1 amide bonds. The van der Waals surface area contributed by atoms with Crippen LogP contribution in [0.15, 0.2) is 17.5 Å². The number of ketones is 1. The van der Waals surface area contributed by atoms with Gasteiger partial charge in [-0.15, -0.1) is 11.3 Å². The number of hydrogen-bond acceptors (Lipinski definition) is 4. The number of thiophene rings is 1. The normalized spacial score (nSPS) is 11.3. The summed E-state index contributed by atoms with van der Waals surface area (Å²) in [6.45, 7) is 4.60. The standard InChI is InChI=1S/C14H21NO3S/c1-14(2,7-8-16)10-15-13(18)6-5-11(17)12-4-3-9-19-12/h3-4,9,16H,5-8,10H2,1-2H3,(H,15,18). The Bertz CT molecular complexity index is 412. The molecule has 0 atom stereocenters. The van der Waals surface area contributed by atoms with Crippen molar-refractivity contribution in [1.29, 1.82) is 0 Å². The van der Waals surface area contributed by atoms with Crippen LogP contribution < -0.4 is 5.32 Å². The summed E-state index contributed by atoms with van der Waals surface area (Å²) in [5, 5.41) is 13.6. The minimum Gasteiger partial charge on any atom is -0.396 e. The molecular weight excluding hydrogens is 262 g/mol. The van der Waals surface area contributed by atoms with Gasteiger partial charge in [0.25, 0.3) is 0 Å². The molecule has 4 nitrogen and oxygen atoms in total. The van der Waals surface area contributed by atoms with Crippen molar-refractivity contribution in [3.05, 3.63) is 22.4 Å². The molecule has 0 saturated carbocycles. The van der Waals surface area contributed by atoms with E-state index in [1.807, 2.05) is 25.3 Å². The van der Waals surface area contributed by atoms with Gasteiger partial charge in [-0.1, -0.05) is 19.9 Å². The van der Waals surface area contributed by atoms with E-state index >= 15 is 0 Å². The zero-order valence-electron chi connectivity index (χ0n) is 11.4. The van der Waals surface area contributed by atoms with Crippen LogP contribution in [-0.4, -0.2) is 29.9 Å². The highest BCUT2D eigenvalue weighted by Crippen LogP contribution is 2.18. The number of Topliss-reactive ketones (excluding diaryl/α,β-unsaturated/α-hetero) is 1. The van der Waals surface area contributed by atoms with E-state index in [2.05, 4.69) is 5.32 Å². The third kappa shape index (κ3) is 5.98. The highest BCUT2D eigenvalue weighted by Gasteiger charge is 2.18. The molecule has 0 aliphatic heterocycles. The van der Waals surface area contributed by atoms with Gasteiger partial charge >= 0.3 is 0 Å². The Labute approximate surface area is 117 Å². The fourth-order valence-electron chi connectivity index (χ4n) is 1.60. The predicted molar refractivity (Wildman–Crippen MR) is 76.4 cm³/mol. The topological polar surface area (TPSA) is 66.4 Å². The van der Waals surface area contributed by atoms with Gasteiger partial charge in [0.1, 0.15) is 0 Å². The number of carbonyl (C=O) groups is 2. The number of carbonyl (C=O) groups excluding carboxylic acids is 2. The first-order valence-corrected chi connectivity index (χ1v) is 7.27. The summed E-state index contributed by atoms with van der Waals surface area (Å²) in [6, 6.07) is 3.60. The molecular formula is C14H21NO3S. The molecule has 0 aliphatic carbocycles. The molecule has 0 aliphatic rings. The number of aliphatic hydroxyl groups is 1. The second-order valence-corrected chi connectivity index (χ2v) is 6.26. The molecule has 1 rings (SSSR count). The van der Waals surface area contributed by atoms with E-state index in [9.17, 15) is 9.59 Å². The van der Waals surface area contributed by atoms with Crippen LogP contribution >= 0.6 is 11.3 Å². The summed E-state index contributed by atoms with van der Waals surface area (Å²) in [7, 11) is 0. The van der Waals surface area contributed by atoms with Gasteiger partial charge in [0.05, 0.1) is 4.88 Å². The smallest absolute Gasteiger partial charge is 0.220 e. The molecule has 106 valence electrons. The largest absolute Gasteiger partial charge is 0.396 e. The number of nitrogens with one attached hydrogen (secondary N) is 1. The summed E-state index contributed by atoms with van der Waals surface area (Å²) >= 11 is 1.40. The van der Waals surface area contributed by atoms with Gasteiger partial charge in [-0.3, -0.25) is 9.59 Å². The minimum atomic E-state index is -0.123. The third-order valence-corrected chi connectivity index (χ3v) is 3.84. The molecule has 0 saturated heterocycles. The van der Waals surface area contributed by atoms with E-state index in [-0.39, 0.29) is 36.6 Å². The van der Waals surface area contributed by atoms with Crippen molar-refractivity contribution in [2.24, 2.45) is 5.41 Å². The van der Waals surface area contributed by atoms with E-state index in [4.69, 9.17) is 5.11 Å². The van der Waals surface area contributed by atoms with Crippen LogP contribution in [-0.2, 0) is 4.79 Å². The van der Waals surface area contributed by atoms with Gasteiger partial charge in [-0.2, -0.15) is 0 Å². The van der Waals surface area contributed by atoms with Gasteiger partial charge in [-0.25, -0.2) is 0 Å². The number of hydrogen-bond donors (Lipinski definition) is 2. The van der Waals surface area contributed by atoms with Crippen molar-refractivity contribution in [1.82, 2.24) is 5.32 Å². The summed E-state index contributed by atoms with van der Waals surface area (Å²) in [5.74, 6) is -0.101. The Morgan fingerprint density at radius 1 is 1.37 bits per heavy atom. The molecule has 0 bridgehead atoms. The lowest BCUT2D eigenvalue weighted by Gasteiger charge is -2.23. The van der Waals surface area contributed by atoms with E-state index in [1.165, 1.54) is 11.3 Å². The molecule has 0 aromatic carbocycles. The Balaban J connectivity index is 2.27. The van der Waals surface area contributed by atoms with Crippen molar-refractivity contribution in [3.63, 3.8) is 0 Å². The lowest BCUT2D eigenvalue weighted by Crippen LogP contribution is -2.34. The maximum absolute atomic E-state index is 11.7. The summed E-state index contributed by atoms with van der Waals surface area (Å²) < 4.78 is 0. The Morgan fingerprint density at radius 2 is 2.11 bits per heavy atom. The van der Waals surface area contributed by atoms with Crippen molar-refractivity contribution in [3.8, 4) is 0 Å². The van der Waals surface area contributed by atoms with Crippen molar-refractivity contribution >= 4 is 23.0 Å². The highest BCUT2D eigenvalue weighted by molar-refractivity contribution is 7.12. The summed E-state index contributed by atoms with van der Waals surface area (Å²) in [4.78, 5) is 24.1. The molecule has 0 spiro atoms. The predicted octanol–water partition coefficient (Wildman–Crippen LogP) is 2.24. The minimum absolute atomic E-state index is 0.0137. The second kappa shape index (κ2) is 7.40. The molecule has 0 unspecified atom stereocenters. The fourth-order valence-corrected chi connectivity index (χ4v) is 2.30. The number of amides is 1. The summed E-state index contributed by atoms with van der Waals surface area (Å²) in [5.41, 5.74) is -0.123. The SMILES string of the molecule is CC(C)(CCO)CNC(=O)CCC(=O)c1cccs1. The number of rotatable bonds is 8. The van der Waals surface area contributed by atoms with Crippen LogP contribution in [0.5, 0.6) is 0 Å². The van der Waals surface area contributed by atoms with Gasteiger partial charge in [0, 0.05) is 26.0 Å². The van der Waals surface area contributed by atoms with Crippen LogP contribution in [0.1, 0.15) is 42.8 Å². The second-order valence-electron chi connectivity index (χ2n) is 5.32. The zero-order chi connectivity index (χ0) is 14.3. The molecule has 0 radical (unpaired) electrons. The molecule has 1 aromatic rings. The first kappa shape index (κ1) is 15.9. The Morgan fingerprint density at radius 3 is 2.68 bits per heavy atom. The summed E-state index contributed by atoms with van der Waals surface area (Å²) in [6.07, 6.45) is 1.10. The average molecular weight is 283 g/mol. The quantitative estimate of drug-likeness (QED) is 0.719. The van der Waals surface area contributed by atoms with Gasteiger partial charge in [-0.05, 0) is 23.3 Å². The van der Waals surface area contributed by atoms with Crippen molar-refractivity contribution in [2.75, 3.05) is 13.2 Å². The average Bonchev–Trinajstić information content (AvgIpc) is 2.87. The van der Waals surface area contributed by atoms with E-state index < -0.39 is 0 Å². The van der Waals surface area contributed by atoms with Crippen molar-refractivity contribution < 1.29 is 14.7 Å². The first-order valence-electron chi connectivity index (χ1n) is 6.39. The van der Waals surface area contributed by atoms with Gasteiger partial charge in [0.2, 0.25) is 5.91 Å². The molecule has 1 heterocycles. The van der Waals surface area contributed by atoms with E-state index in [0.29, 0.717) is 17.8 Å². The van der Waals surface area contributed by atoms with Crippen LogP contribution in [0.3, 0.4) is 0 Å². The lowest BCUT2D eigenvalue weighted by atomic mass is 9.90. The van der Waals surface area contributed by atoms with Crippen LogP contribution in [0.4, 0.5) is 0 Å². The van der Waals surface area contributed by atoms with Crippen LogP contribution in [0, 0.1) is 5.41 Å². The molecule has 2 N–H and O–H groups in total. The maximum atomic E-state index is 11.7. The molecule has 5 heteroatoms. The third-order valence-electron chi connectivity index (χ3n) is 2.93. The Kier molecular flexibility index (Phi) is 6.18. The van der Waals surface area contributed by atoms with Crippen molar-refractivity contribution in [2.45, 2.75) is 33.1 Å². The van der Waals surface area contributed by atoms with E-state index in [1.54, 1.807) is 6.07 Å². The van der Waals surface area contributed by atoms with E-state index in [0.717, 1.165) is 0 Å². The Hall–Kier alpha value is -1.20. The van der Waals surface area contributed by atoms with Crippen LogP contribution in [0.25, 0.3) is 0 Å².